The molecule has 0 aliphatic rings. The first kappa shape index (κ1) is 15.5. The van der Waals surface area contributed by atoms with Crippen LogP contribution in [0, 0.1) is 0 Å². The van der Waals surface area contributed by atoms with Crippen LogP contribution in [0.2, 0.25) is 0 Å². The Hall–Kier alpha value is -1.59. The largest absolute Gasteiger partial charge is 0.492 e. The molecule has 0 radical (unpaired) electrons. The molecule has 0 unspecified atom stereocenters. The Morgan fingerprint density at radius 3 is 2.58 bits per heavy atom. The van der Waals surface area contributed by atoms with Gasteiger partial charge >= 0.3 is 5.97 Å². The molecule has 0 fully saturated rings. The number of carboxylic acid groups (broad SMARTS) is 1. The summed E-state index contributed by atoms with van der Waals surface area (Å²) in [5.74, 6) is -0.218. The average Bonchev–Trinajstić information content (AvgIpc) is 2.39. The number of benzene rings is 1. The Balaban J connectivity index is 2.23. The molecule has 2 N–H and O–H groups in total. The lowest BCUT2D eigenvalue weighted by atomic mass is 10.2. The van der Waals surface area contributed by atoms with E-state index in [1.54, 1.807) is 24.3 Å². The van der Waals surface area contributed by atoms with Gasteiger partial charge in [-0.1, -0.05) is 0 Å². The number of aromatic carboxylic acids is 1. The van der Waals surface area contributed by atoms with Crippen LogP contribution >= 0.6 is 0 Å². The molecule has 0 spiro atoms. The molecule has 1 aromatic carbocycles. The predicted octanol–water partition coefficient (Wildman–Crippen LogP) is 1.30. The molecule has 1 rings (SSSR count). The molecular weight excluding hydrogens is 244 g/mol. The summed E-state index contributed by atoms with van der Waals surface area (Å²) in [6.07, 6.45) is 1.11. The van der Waals surface area contributed by atoms with Crippen LogP contribution in [-0.2, 0) is 0 Å². The van der Waals surface area contributed by atoms with Gasteiger partial charge in [-0.15, -0.1) is 0 Å². The van der Waals surface area contributed by atoms with Crippen molar-refractivity contribution in [1.82, 2.24) is 10.2 Å². The monoisotopic (exact) mass is 266 g/mol. The molecule has 0 atom stereocenters. The third-order valence-electron chi connectivity index (χ3n) is 2.81. The highest BCUT2D eigenvalue weighted by Gasteiger charge is 2.02. The molecular formula is C14H22N2O3. The SMILES string of the molecule is CNCCCN(C)CCOc1ccc(C(=O)O)cc1. The summed E-state index contributed by atoms with van der Waals surface area (Å²) >= 11 is 0. The first-order valence-electron chi connectivity index (χ1n) is 6.43. The lowest BCUT2D eigenvalue weighted by Gasteiger charge is -2.16. The highest BCUT2D eigenvalue weighted by atomic mass is 16.5. The van der Waals surface area contributed by atoms with E-state index >= 15 is 0 Å². The van der Waals surface area contributed by atoms with Crippen LogP contribution in [0.3, 0.4) is 0 Å². The number of rotatable bonds is 9. The van der Waals surface area contributed by atoms with E-state index in [0.29, 0.717) is 12.4 Å². The minimum absolute atomic E-state index is 0.275. The second kappa shape index (κ2) is 8.50. The van der Waals surface area contributed by atoms with E-state index in [-0.39, 0.29) is 5.56 Å². The zero-order valence-corrected chi connectivity index (χ0v) is 11.6. The van der Waals surface area contributed by atoms with E-state index in [0.717, 1.165) is 26.1 Å². The highest BCUT2D eigenvalue weighted by Crippen LogP contribution is 2.11. The van der Waals surface area contributed by atoms with Gasteiger partial charge < -0.3 is 20.1 Å². The standard InChI is InChI=1S/C14H22N2O3/c1-15-8-3-9-16(2)10-11-19-13-6-4-12(5-7-13)14(17)18/h4-7,15H,3,8-11H2,1-2H3,(H,17,18). The van der Waals surface area contributed by atoms with Crippen LogP contribution in [0.1, 0.15) is 16.8 Å². The minimum atomic E-state index is -0.921. The highest BCUT2D eigenvalue weighted by molar-refractivity contribution is 5.87. The fourth-order valence-electron chi connectivity index (χ4n) is 1.65. The van der Waals surface area contributed by atoms with E-state index in [4.69, 9.17) is 9.84 Å². The Morgan fingerprint density at radius 1 is 1.32 bits per heavy atom. The van der Waals surface area contributed by atoms with Crippen molar-refractivity contribution in [3.05, 3.63) is 29.8 Å². The van der Waals surface area contributed by atoms with Gasteiger partial charge in [0.1, 0.15) is 12.4 Å². The molecule has 0 heterocycles. The van der Waals surface area contributed by atoms with Gasteiger partial charge in [0, 0.05) is 6.54 Å². The van der Waals surface area contributed by atoms with Crippen LogP contribution < -0.4 is 10.1 Å². The number of carbonyl (C=O) groups is 1. The smallest absolute Gasteiger partial charge is 0.335 e. The Morgan fingerprint density at radius 2 is 2.00 bits per heavy atom. The molecule has 0 aliphatic carbocycles. The quantitative estimate of drug-likeness (QED) is 0.660. The lowest BCUT2D eigenvalue weighted by Crippen LogP contribution is -2.27. The molecule has 0 amide bonds. The molecule has 5 nitrogen and oxygen atoms in total. The van der Waals surface area contributed by atoms with E-state index in [1.165, 1.54) is 0 Å². The summed E-state index contributed by atoms with van der Waals surface area (Å²) in [4.78, 5) is 12.9. The molecule has 0 saturated carbocycles. The van der Waals surface area contributed by atoms with Crippen LogP contribution in [0.5, 0.6) is 5.75 Å². The number of hydrogen-bond donors (Lipinski definition) is 2. The Kier molecular flexibility index (Phi) is 6.92. The lowest BCUT2D eigenvalue weighted by molar-refractivity contribution is 0.0697. The third kappa shape index (κ3) is 6.22. The molecule has 0 aliphatic heterocycles. The number of ether oxygens (including phenoxy) is 1. The molecule has 0 aromatic heterocycles. The van der Waals surface area contributed by atoms with Crippen LogP contribution in [-0.4, -0.2) is 56.3 Å². The maximum atomic E-state index is 10.7. The third-order valence-corrected chi connectivity index (χ3v) is 2.81. The predicted molar refractivity (Wildman–Crippen MR) is 74.9 cm³/mol. The Bertz CT molecular complexity index is 379. The summed E-state index contributed by atoms with van der Waals surface area (Å²) in [5, 5.41) is 11.9. The van der Waals surface area contributed by atoms with Crippen LogP contribution in [0.25, 0.3) is 0 Å². The number of nitrogens with one attached hydrogen (secondary N) is 1. The van der Waals surface area contributed by atoms with Crippen molar-refractivity contribution in [1.29, 1.82) is 0 Å². The molecule has 1 aromatic rings. The van der Waals surface area contributed by atoms with Gasteiger partial charge in [0.25, 0.3) is 0 Å². The van der Waals surface area contributed by atoms with E-state index < -0.39 is 5.97 Å². The van der Waals surface area contributed by atoms with E-state index in [1.807, 2.05) is 7.05 Å². The van der Waals surface area contributed by atoms with Gasteiger partial charge in [0.05, 0.1) is 5.56 Å². The summed E-state index contributed by atoms with van der Waals surface area (Å²) in [6.45, 7) is 3.50. The minimum Gasteiger partial charge on any atom is -0.492 e. The second-order valence-corrected chi connectivity index (χ2v) is 4.44. The topological polar surface area (TPSA) is 61.8 Å². The number of likely N-dealkylation sites (N-methyl/N-ethyl adjacent to an activating group) is 1. The molecule has 19 heavy (non-hydrogen) atoms. The van der Waals surface area contributed by atoms with Crippen molar-refractivity contribution in [2.45, 2.75) is 6.42 Å². The van der Waals surface area contributed by atoms with Crippen molar-refractivity contribution in [2.24, 2.45) is 0 Å². The first-order chi connectivity index (χ1) is 9.13. The zero-order valence-electron chi connectivity index (χ0n) is 11.6. The van der Waals surface area contributed by atoms with E-state index in [2.05, 4.69) is 17.3 Å². The van der Waals surface area contributed by atoms with Crippen molar-refractivity contribution in [3.8, 4) is 5.75 Å². The maximum absolute atomic E-state index is 10.7. The van der Waals surface area contributed by atoms with Gasteiger partial charge in [-0.2, -0.15) is 0 Å². The number of carboxylic acids is 1. The molecule has 5 heteroatoms. The zero-order chi connectivity index (χ0) is 14.1. The van der Waals surface area contributed by atoms with Crippen LogP contribution in [0.4, 0.5) is 0 Å². The number of nitrogens with zero attached hydrogens (tertiary/aromatic N) is 1. The molecule has 0 saturated heterocycles. The number of hydrogen-bond acceptors (Lipinski definition) is 4. The average molecular weight is 266 g/mol. The van der Waals surface area contributed by atoms with E-state index in [9.17, 15) is 4.79 Å². The van der Waals surface area contributed by atoms with Gasteiger partial charge in [-0.05, 0) is 57.9 Å². The van der Waals surface area contributed by atoms with Crippen molar-refractivity contribution in [2.75, 3.05) is 40.3 Å². The van der Waals surface area contributed by atoms with Crippen molar-refractivity contribution < 1.29 is 14.6 Å². The summed E-state index contributed by atoms with van der Waals surface area (Å²) < 4.78 is 5.57. The fourth-order valence-corrected chi connectivity index (χ4v) is 1.65. The summed E-state index contributed by atoms with van der Waals surface area (Å²) in [5.41, 5.74) is 0.275. The molecule has 0 bridgehead atoms. The summed E-state index contributed by atoms with van der Waals surface area (Å²) in [7, 11) is 4.01. The Labute approximate surface area is 114 Å². The second-order valence-electron chi connectivity index (χ2n) is 4.44. The van der Waals surface area contributed by atoms with Gasteiger partial charge in [0.15, 0.2) is 0 Å². The van der Waals surface area contributed by atoms with Gasteiger partial charge in [-0.25, -0.2) is 4.79 Å². The normalized spacial score (nSPS) is 10.7. The van der Waals surface area contributed by atoms with Gasteiger partial charge in [0.2, 0.25) is 0 Å². The van der Waals surface area contributed by atoms with Crippen molar-refractivity contribution >= 4 is 5.97 Å². The van der Waals surface area contributed by atoms with Crippen LogP contribution in [0.15, 0.2) is 24.3 Å². The summed E-state index contributed by atoms with van der Waals surface area (Å²) in [6, 6.07) is 6.47. The van der Waals surface area contributed by atoms with Crippen molar-refractivity contribution in [3.63, 3.8) is 0 Å². The van der Waals surface area contributed by atoms with Gasteiger partial charge in [-0.3, -0.25) is 0 Å². The maximum Gasteiger partial charge on any atom is 0.335 e. The fraction of sp³-hybridized carbons (Fsp3) is 0.500. The molecule has 106 valence electrons. The first-order valence-corrected chi connectivity index (χ1v) is 6.43.